The van der Waals surface area contributed by atoms with Crippen molar-refractivity contribution in [1.82, 2.24) is 5.32 Å². The lowest BCUT2D eigenvalue weighted by Gasteiger charge is -2.08. The van der Waals surface area contributed by atoms with E-state index in [4.69, 9.17) is 9.47 Å². The lowest BCUT2D eigenvalue weighted by molar-refractivity contribution is -0.123. The average molecular weight is 271 g/mol. The summed E-state index contributed by atoms with van der Waals surface area (Å²) < 4.78 is 10.4. The molecule has 2 rings (SSSR count). The van der Waals surface area contributed by atoms with E-state index in [1.807, 2.05) is 54.6 Å². The summed E-state index contributed by atoms with van der Waals surface area (Å²) in [5.74, 6) is 1.34. The van der Waals surface area contributed by atoms with E-state index in [2.05, 4.69) is 5.32 Å². The van der Waals surface area contributed by atoms with Gasteiger partial charge in [-0.3, -0.25) is 4.79 Å². The molecular weight excluding hydrogens is 254 g/mol. The molecule has 0 atom stereocenters. The van der Waals surface area contributed by atoms with Gasteiger partial charge < -0.3 is 14.8 Å². The number of benzene rings is 2. The van der Waals surface area contributed by atoms with Crippen molar-refractivity contribution in [2.45, 2.75) is 6.54 Å². The molecule has 0 fully saturated rings. The maximum absolute atomic E-state index is 11.7. The highest BCUT2D eigenvalue weighted by Gasteiger charge is 2.02. The lowest BCUT2D eigenvalue weighted by Crippen LogP contribution is -2.28. The minimum Gasteiger partial charge on any atom is -0.497 e. The van der Waals surface area contributed by atoms with E-state index in [1.165, 1.54) is 0 Å². The Balaban J connectivity index is 1.74. The molecule has 0 saturated heterocycles. The van der Waals surface area contributed by atoms with Crippen LogP contribution in [0, 0.1) is 0 Å². The van der Waals surface area contributed by atoms with Crippen LogP contribution in [0.15, 0.2) is 54.6 Å². The zero-order chi connectivity index (χ0) is 14.2. The molecule has 4 nitrogen and oxygen atoms in total. The van der Waals surface area contributed by atoms with Gasteiger partial charge in [0.05, 0.1) is 7.11 Å². The lowest BCUT2D eigenvalue weighted by atomic mass is 10.2. The van der Waals surface area contributed by atoms with E-state index in [1.54, 1.807) is 7.11 Å². The van der Waals surface area contributed by atoms with E-state index < -0.39 is 0 Å². The second-order valence-electron chi connectivity index (χ2n) is 4.23. The van der Waals surface area contributed by atoms with Gasteiger partial charge in [-0.05, 0) is 29.8 Å². The second-order valence-corrected chi connectivity index (χ2v) is 4.23. The fourth-order valence-corrected chi connectivity index (χ4v) is 1.66. The van der Waals surface area contributed by atoms with Crippen molar-refractivity contribution in [3.8, 4) is 11.5 Å². The standard InChI is InChI=1S/C16H17NO3/c1-19-14-9-7-13(8-10-14)11-17-16(18)12-20-15-5-3-2-4-6-15/h2-10H,11-12H2,1H3,(H,17,18). The first-order valence-electron chi connectivity index (χ1n) is 6.35. The van der Waals surface area contributed by atoms with Crippen LogP contribution in [0.5, 0.6) is 11.5 Å². The van der Waals surface area contributed by atoms with Crippen LogP contribution in [0.4, 0.5) is 0 Å². The summed E-state index contributed by atoms with van der Waals surface area (Å²) in [6.45, 7) is 0.487. The number of carbonyl (C=O) groups excluding carboxylic acids is 1. The third-order valence-corrected chi connectivity index (χ3v) is 2.76. The van der Waals surface area contributed by atoms with Crippen LogP contribution in [0.25, 0.3) is 0 Å². The topological polar surface area (TPSA) is 47.6 Å². The highest BCUT2D eigenvalue weighted by atomic mass is 16.5. The first-order valence-corrected chi connectivity index (χ1v) is 6.35. The van der Waals surface area contributed by atoms with E-state index >= 15 is 0 Å². The first kappa shape index (κ1) is 13.9. The van der Waals surface area contributed by atoms with Crippen molar-refractivity contribution in [3.63, 3.8) is 0 Å². The van der Waals surface area contributed by atoms with Gasteiger partial charge in [0.25, 0.3) is 5.91 Å². The maximum atomic E-state index is 11.7. The summed E-state index contributed by atoms with van der Waals surface area (Å²) in [5.41, 5.74) is 1.01. The molecule has 1 N–H and O–H groups in total. The molecule has 2 aromatic rings. The second kappa shape index (κ2) is 7.19. The fraction of sp³-hybridized carbons (Fsp3) is 0.188. The Hall–Kier alpha value is -2.49. The number of nitrogens with one attached hydrogen (secondary N) is 1. The predicted molar refractivity (Wildman–Crippen MR) is 76.8 cm³/mol. The minimum absolute atomic E-state index is 0.0141. The van der Waals surface area contributed by atoms with Gasteiger partial charge in [0.1, 0.15) is 11.5 Å². The third kappa shape index (κ3) is 4.31. The van der Waals surface area contributed by atoms with Gasteiger partial charge in [-0.2, -0.15) is 0 Å². The van der Waals surface area contributed by atoms with Gasteiger partial charge in [0.15, 0.2) is 6.61 Å². The number of ether oxygens (including phenoxy) is 2. The number of hydrogen-bond donors (Lipinski definition) is 1. The number of rotatable bonds is 6. The first-order chi connectivity index (χ1) is 9.78. The molecule has 0 unspecified atom stereocenters. The van der Waals surface area contributed by atoms with Crippen LogP contribution < -0.4 is 14.8 Å². The molecule has 1 amide bonds. The van der Waals surface area contributed by atoms with Gasteiger partial charge in [-0.25, -0.2) is 0 Å². The van der Waals surface area contributed by atoms with Gasteiger partial charge in [0, 0.05) is 6.54 Å². The zero-order valence-corrected chi connectivity index (χ0v) is 11.3. The van der Waals surface area contributed by atoms with Crippen molar-refractivity contribution in [1.29, 1.82) is 0 Å². The number of amides is 1. The highest BCUT2D eigenvalue weighted by molar-refractivity contribution is 5.77. The molecule has 104 valence electrons. The van der Waals surface area contributed by atoms with E-state index in [0.717, 1.165) is 11.3 Å². The van der Waals surface area contributed by atoms with Crippen LogP contribution in [-0.4, -0.2) is 19.6 Å². The van der Waals surface area contributed by atoms with Gasteiger partial charge in [0.2, 0.25) is 0 Å². The summed E-state index contributed by atoms with van der Waals surface area (Å²) in [6.07, 6.45) is 0. The van der Waals surface area contributed by atoms with Crippen molar-refractivity contribution in [3.05, 3.63) is 60.2 Å². The Labute approximate surface area is 118 Å². The molecule has 2 aromatic carbocycles. The monoisotopic (exact) mass is 271 g/mol. The summed E-state index contributed by atoms with van der Waals surface area (Å²) >= 11 is 0. The number of methoxy groups -OCH3 is 1. The quantitative estimate of drug-likeness (QED) is 0.877. The van der Waals surface area contributed by atoms with Crippen molar-refractivity contribution in [2.24, 2.45) is 0 Å². The molecule has 0 saturated carbocycles. The zero-order valence-electron chi connectivity index (χ0n) is 11.3. The normalized spacial score (nSPS) is 9.85. The Morgan fingerprint density at radius 3 is 2.35 bits per heavy atom. The van der Waals surface area contributed by atoms with Crippen molar-refractivity contribution >= 4 is 5.91 Å². The molecule has 0 spiro atoms. The summed E-state index contributed by atoms with van der Waals surface area (Å²) in [7, 11) is 1.62. The van der Waals surface area contributed by atoms with Crippen LogP contribution in [-0.2, 0) is 11.3 Å². The average Bonchev–Trinajstić information content (AvgIpc) is 2.52. The van der Waals surface area contributed by atoms with E-state index in [9.17, 15) is 4.79 Å². The number of hydrogen-bond acceptors (Lipinski definition) is 3. The summed E-state index contributed by atoms with van der Waals surface area (Å²) in [6, 6.07) is 16.8. The van der Waals surface area contributed by atoms with Gasteiger partial charge in [-0.15, -0.1) is 0 Å². The van der Waals surface area contributed by atoms with E-state index in [-0.39, 0.29) is 12.5 Å². The molecule has 0 aliphatic carbocycles. The summed E-state index contributed by atoms with van der Waals surface area (Å²) in [5, 5.41) is 2.80. The fourth-order valence-electron chi connectivity index (χ4n) is 1.66. The van der Waals surface area contributed by atoms with Gasteiger partial charge in [-0.1, -0.05) is 30.3 Å². The molecule has 0 aliphatic heterocycles. The summed E-state index contributed by atoms with van der Waals surface area (Å²) in [4.78, 5) is 11.7. The maximum Gasteiger partial charge on any atom is 0.258 e. The number of para-hydroxylation sites is 1. The third-order valence-electron chi connectivity index (χ3n) is 2.76. The van der Waals surface area contributed by atoms with E-state index in [0.29, 0.717) is 12.3 Å². The Morgan fingerprint density at radius 2 is 1.70 bits per heavy atom. The van der Waals surface area contributed by atoms with Crippen LogP contribution in [0.1, 0.15) is 5.56 Å². The molecular formula is C16H17NO3. The van der Waals surface area contributed by atoms with Crippen molar-refractivity contribution < 1.29 is 14.3 Å². The number of carbonyl (C=O) groups is 1. The minimum atomic E-state index is -0.148. The predicted octanol–water partition coefficient (Wildman–Crippen LogP) is 2.39. The van der Waals surface area contributed by atoms with Crippen LogP contribution >= 0.6 is 0 Å². The smallest absolute Gasteiger partial charge is 0.258 e. The Bertz CT molecular complexity index is 537. The van der Waals surface area contributed by atoms with Crippen molar-refractivity contribution in [2.75, 3.05) is 13.7 Å². The Morgan fingerprint density at radius 1 is 1.00 bits per heavy atom. The SMILES string of the molecule is COc1ccc(CNC(=O)COc2ccccc2)cc1. The molecule has 0 bridgehead atoms. The molecule has 0 heterocycles. The molecule has 0 radical (unpaired) electrons. The largest absolute Gasteiger partial charge is 0.497 e. The molecule has 4 heteroatoms. The Kier molecular flexibility index (Phi) is 5.00. The van der Waals surface area contributed by atoms with Crippen LogP contribution in [0.2, 0.25) is 0 Å². The highest BCUT2D eigenvalue weighted by Crippen LogP contribution is 2.11. The van der Waals surface area contributed by atoms with Gasteiger partial charge >= 0.3 is 0 Å². The van der Waals surface area contributed by atoms with Crippen LogP contribution in [0.3, 0.4) is 0 Å². The molecule has 0 aromatic heterocycles. The molecule has 0 aliphatic rings. The molecule has 20 heavy (non-hydrogen) atoms.